The first-order chi connectivity index (χ1) is 9.17. The van der Waals surface area contributed by atoms with Gasteiger partial charge in [0.05, 0.1) is 13.3 Å². The minimum absolute atomic E-state index is 0.690. The SMILES string of the molecule is COc1ccc(/C=N/Nc2cc(C)nc(C)n2)cc1. The summed E-state index contributed by atoms with van der Waals surface area (Å²) in [6, 6.07) is 9.49. The van der Waals surface area contributed by atoms with Crippen LogP contribution >= 0.6 is 0 Å². The topological polar surface area (TPSA) is 59.4 Å². The lowest BCUT2D eigenvalue weighted by Gasteiger charge is -2.02. The molecular formula is C14H16N4O. The van der Waals surface area contributed by atoms with Crippen molar-refractivity contribution in [3.63, 3.8) is 0 Å². The molecule has 5 nitrogen and oxygen atoms in total. The number of nitrogens with zero attached hydrogens (tertiary/aromatic N) is 3. The summed E-state index contributed by atoms with van der Waals surface area (Å²) < 4.78 is 5.09. The number of hydrogen-bond donors (Lipinski definition) is 1. The highest BCUT2D eigenvalue weighted by Crippen LogP contribution is 2.10. The van der Waals surface area contributed by atoms with Crippen molar-refractivity contribution < 1.29 is 4.74 Å². The van der Waals surface area contributed by atoms with Crippen LogP contribution in [0.1, 0.15) is 17.1 Å². The lowest BCUT2D eigenvalue weighted by atomic mass is 10.2. The van der Waals surface area contributed by atoms with Gasteiger partial charge in [0.25, 0.3) is 0 Å². The van der Waals surface area contributed by atoms with Gasteiger partial charge in [-0.3, -0.25) is 5.43 Å². The summed E-state index contributed by atoms with van der Waals surface area (Å²) in [6.07, 6.45) is 1.73. The zero-order chi connectivity index (χ0) is 13.7. The number of benzene rings is 1. The molecule has 0 aliphatic carbocycles. The molecule has 0 radical (unpaired) electrons. The summed E-state index contributed by atoms with van der Waals surface area (Å²) in [5.74, 6) is 2.24. The van der Waals surface area contributed by atoms with Crippen LogP contribution < -0.4 is 10.2 Å². The van der Waals surface area contributed by atoms with Crippen LogP contribution in [0, 0.1) is 13.8 Å². The van der Waals surface area contributed by atoms with Gasteiger partial charge in [0, 0.05) is 11.8 Å². The van der Waals surface area contributed by atoms with Crippen molar-refractivity contribution in [2.24, 2.45) is 5.10 Å². The fourth-order valence-electron chi connectivity index (χ4n) is 1.64. The van der Waals surface area contributed by atoms with E-state index in [9.17, 15) is 0 Å². The summed E-state index contributed by atoms with van der Waals surface area (Å²) in [7, 11) is 1.64. The number of hydrogen-bond acceptors (Lipinski definition) is 5. The molecule has 1 heterocycles. The molecule has 0 unspecified atom stereocenters. The Bertz CT molecular complexity index is 558. The Labute approximate surface area is 112 Å². The molecule has 2 rings (SSSR count). The molecule has 98 valence electrons. The Balaban J connectivity index is 2.02. The van der Waals surface area contributed by atoms with Crippen molar-refractivity contribution in [1.82, 2.24) is 9.97 Å². The van der Waals surface area contributed by atoms with Crippen molar-refractivity contribution >= 4 is 12.0 Å². The number of aromatic nitrogens is 2. The molecule has 19 heavy (non-hydrogen) atoms. The third-order valence-electron chi connectivity index (χ3n) is 2.47. The van der Waals surface area contributed by atoms with Gasteiger partial charge in [0.15, 0.2) is 0 Å². The van der Waals surface area contributed by atoms with Crippen molar-refractivity contribution in [3.8, 4) is 5.75 Å². The number of nitrogens with one attached hydrogen (secondary N) is 1. The highest BCUT2D eigenvalue weighted by Gasteiger charge is 1.96. The monoisotopic (exact) mass is 256 g/mol. The molecule has 0 aliphatic heterocycles. The van der Waals surface area contributed by atoms with E-state index in [1.54, 1.807) is 13.3 Å². The first kappa shape index (κ1) is 13.0. The van der Waals surface area contributed by atoms with Crippen LogP contribution in [0.2, 0.25) is 0 Å². The number of rotatable bonds is 4. The van der Waals surface area contributed by atoms with Crippen LogP contribution in [-0.4, -0.2) is 23.3 Å². The van der Waals surface area contributed by atoms with E-state index in [1.807, 2.05) is 44.2 Å². The summed E-state index contributed by atoms with van der Waals surface area (Å²) in [5.41, 5.74) is 4.78. The van der Waals surface area contributed by atoms with Crippen LogP contribution in [0.15, 0.2) is 35.4 Å². The average molecular weight is 256 g/mol. The standard InChI is InChI=1S/C14H16N4O/c1-10-8-14(17-11(2)16-10)18-15-9-12-4-6-13(19-3)7-5-12/h4-9H,1-3H3,(H,16,17,18)/b15-9+. The molecule has 0 bridgehead atoms. The number of methoxy groups -OCH3 is 1. The van der Waals surface area contributed by atoms with E-state index in [2.05, 4.69) is 20.5 Å². The smallest absolute Gasteiger partial charge is 0.150 e. The molecule has 5 heteroatoms. The predicted molar refractivity (Wildman–Crippen MR) is 75.7 cm³/mol. The summed E-state index contributed by atoms with van der Waals surface area (Å²) in [4.78, 5) is 8.44. The van der Waals surface area contributed by atoms with Crippen LogP contribution in [0.25, 0.3) is 0 Å². The Hall–Kier alpha value is -2.43. The fraction of sp³-hybridized carbons (Fsp3) is 0.214. The van der Waals surface area contributed by atoms with Crippen LogP contribution in [0.3, 0.4) is 0 Å². The number of anilines is 1. The quantitative estimate of drug-likeness (QED) is 0.674. The Morgan fingerprint density at radius 2 is 1.89 bits per heavy atom. The first-order valence-electron chi connectivity index (χ1n) is 5.93. The fourth-order valence-corrected chi connectivity index (χ4v) is 1.64. The average Bonchev–Trinajstić information content (AvgIpc) is 2.38. The molecule has 0 fully saturated rings. The van der Waals surface area contributed by atoms with Gasteiger partial charge in [0.2, 0.25) is 0 Å². The van der Waals surface area contributed by atoms with Crippen molar-refractivity contribution in [1.29, 1.82) is 0 Å². The molecule has 1 aromatic heterocycles. The molecular weight excluding hydrogens is 240 g/mol. The molecule has 1 aromatic carbocycles. The van der Waals surface area contributed by atoms with Gasteiger partial charge < -0.3 is 4.74 Å². The maximum Gasteiger partial charge on any atom is 0.150 e. The third-order valence-corrected chi connectivity index (χ3v) is 2.47. The summed E-state index contributed by atoms with van der Waals surface area (Å²) in [6.45, 7) is 3.78. The lowest BCUT2D eigenvalue weighted by molar-refractivity contribution is 0.415. The Kier molecular flexibility index (Phi) is 4.07. The maximum atomic E-state index is 5.09. The lowest BCUT2D eigenvalue weighted by Crippen LogP contribution is -1.98. The molecule has 0 atom stereocenters. The Morgan fingerprint density at radius 3 is 2.53 bits per heavy atom. The van der Waals surface area contributed by atoms with Crippen LogP contribution in [-0.2, 0) is 0 Å². The molecule has 1 N–H and O–H groups in total. The molecule has 0 saturated carbocycles. The second-order valence-electron chi connectivity index (χ2n) is 4.08. The highest BCUT2D eigenvalue weighted by atomic mass is 16.5. The molecule has 0 saturated heterocycles. The first-order valence-corrected chi connectivity index (χ1v) is 5.93. The van der Waals surface area contributed by atoms with Crippen molar-refractivity contribution in [2.45, 2.75) is 13.8 Å². The van der Waals surface area contributed by atoms with Gasteiger partial charge in [-0.05, 0) is 43.7 Å². The minimum atomic E-state index is 0.690. The van der Waals surface area contributed by atoms with Crippen molar-refractivity contribution in [3.05, 3.63) is 47.4 Å². The number of ether oxygens (including phenoxy) is 1. The zero-order valence-corrected chi connectivity index (χ0v) is 11.2. The van der Waals surface area contributed by atoms with Gasteiger partial charge in [-0.2, -0.15) is 5.10 Å². The largest absolute Gasteiger partial charge is 0.497 e. The molecule has 0 amide bonds. The Morgan fingerprint density at radius 1 is 1.16 bits per heavy atom. The molecule has 0 spiro atoms. The van der Waals surface area contributed by atoms with E-state index >= 15 is 0 Å². The summed E-state index contributed by atoms with van der Waals surface area (Å²) >= 11 is 0. The van der Waals surface area contributed by atoms with E-state index in [0.717, 1.165) is 22.8 Å². The van der Waals surface area contributed by atoms with E-state index in [-0.39, 0.29) is 0 Å². The van der Waals surface area contributed by atoms with Gasteiger partial charge in [-0.15, -0.1) is 0 Å². The third kappa shape index (κ3) is 3.77. The minimum Gasteiger partial charge on any atom is -0.497 e. The number of aryl methyl sites for hydroxylation is 2. The zero-order valence-electron chi connectivity index (χ0n) is 11.2. The number of hydrazone groups is 1. The van der Waals surface area contributed by atoms with Crippen molar-refractivity contribution in [2.75, 3.05) is 12.5 Å². The molecule has 2 aromatic rings. The second-order valence-corrected chi connectivity index (χ2v) is 4.08. The van der Waals surface area contributed by atoms with Gasteiger partial charge >= 0.3 is 0 Å². The highest BCUT2D eigenvalue weighted by molar-refractivity contribution is 5.80. The van der Waals surface area contributed by atoms with E-state index in [1.165, 1.54) is 0 Å². The second kappa shape index (κ2) is 5.95. The van der Waals surface area contributed by atoms with E-state index in [0.29, 0.717) is 5.82 Å². The van der Waals surface area contributed by atoms with Crippen LogP contribution in [0.5, 0.6) is 5.75 Å². The molecule has 0 aliphatic rings. The maximum absolute atomic E-state index is 5.09. The van der Waals surface area contributed by atoms with E-state index in [4.69, 9.17) is 4.74 Å². The van der Waals surface area contributed by atoms with E-state index < -0.39 is 0 Å². The van der Waals surface area contributed by atoms with Gasteiger partial charge in [0.1, 0.15) is 17.4 Å². The predicted octanol–water partition coefficient (Wildman–Crippen LogP) is 2.55. The van der Waals surface area contributed by atoms with Crippen LogP contribution in [0.4, 0.5) is 5.82 Å². The summed E-state index contributed by atoms with van der Waals surface area (Å²) in [5, 5.41) is 4.14. The van der Waals surface area contributed by atoms with Gasteiger partial charge in [-0.1, -0.05) is 0 Å². The normalized spacial score (nSPS) is 10.7. The van der Waals surface area contributed by atoms with Gasteiger partial charge in [-0.25, -0.2) is 9.97 Å².